The summed E-state index contributed by atoms with van der Waals surface area (Å²) < 4.78 is 0. The Balaban J connectivity index is 2.98. The van der Waals surface area contributed by atoms with E-state index in [0.717, 1.165) is 17.5 Å². The molecule has 0 aromatic heterocycles. The lowest BCUT2D eigenvalue weighted by molar-refractivity contribution is 0.0696. The second-order valence-corrected chi connectivity index (χ2v) is 2.99. The van der Waals surface area contributed by atoms with Crippen LogP contribution in [0.3, 0.4) is 0 Å². The van der Waals surface area contributed by atoms with Crippen molar-refractivity contribution in [3.8, 4) is 0 Å². The van der Waals surface area contributed by atoms with Gasteiger partial charge in [-0.15, -0.1) is 0 Å². The lowest BCUT2D eigenvalue weighted by Gasteiger charge is -2.03. The van der Waals surface area contributed by atoms with Crippen molar-refractivity contribution in [2.24, 2.45) is 5.73 Å². The SMILES string of the molecule is Cc1cc(CCN)ccc1C(=O)O. The van der Waals surface area contributed by atoms with E-state index in [0.29, 0.717) is 12.1 Å². The Morgan fingerprint density at radius 3 is 2.69 bits per heavy atom. The maximum atomic E-state index is 10.7. The molecule has 0 aliphatic carbocycles. The van der Waals surface area contributed by atoms with Gasteiger partial charge in [-0.3, -0.25) is 0 Å². The van der Waals surface area contributed by atoms with Crippen LogP contribution in [0.1, 0.15) is 21.5 Å². The third kappa shape index (κ3) is 2.29. The van der Waals surface area contributed by atoms with Crippen LogP contribution in [0.15, 0.2) is 18.2 Å². The smallest absolute Gasteiger partial charge is 0.335 e. The van der Waals surface area contributed by atoms with Gasteiger partial charge in [0.15, 0.2) is 0 Å². The van der Waals surface area contributed by atoms with Gasteiger partial charge >= 0.3 is 5.97 Å². The largest absolute Gasteiger partial charge is 0.478 e. The van der Waals surface area contributed by atoms with Crippen LogP contribution in [-0.4, -0.2) is 17.6 Å². The highest BCUT2D eigenvalue weighted by atomic mass is 16.4. The molecule has 3 heteroatoms. The Hall–Kier alpha value is -1.35. The minimum atomic E-state index is -0.878. The quantitative estimate of drug-likeness (QED) is 0.732. The second-order valence-electron chi connectivity index (χ2n) is 2.99. The predicted octanol–water partition coefficient (Wildman–Crippen LogP) is 1.19. The molecule has 1 rings (SSSR count). The van der Waals surface area contributed by atoms with Crippen molar-refractivity contribution in [3.63, 3.8) is 0 Å². The van der Waals surface area contributed by atoms with Gasteiger partial charge in [0.05, 0.1) is 5.56 Å². The summed E-state index contributed by atoms with van der Waals surface area (Å²) >= 11 is 0. The number of rotatable bonds is 3. The van der Waals surface area contributed by atoms with E-state index in [4.69, 9.17) is 10.8 Å². The molecule has 70 valence electrons. The summed E-state index contributed by atoms with van der Waals surface area (Å²) in [5.74, 6) is -0.878. The van der Waals surface area contributed by atoms with Crippen molar-refractivity contribution >= 4 is 5.97 Å². The van der Waals surface area contributed by atoms with Gasteiger partial charge in [0.2, 0.25) is 0 Å². The van der Waals surface area contributed by atoms with Crippen molar-refractivity contribution in [2.75, 3.05) is 6.54 Å². The normalized spacial score (nSPS) is 10.0. The topological polar surface area (TPSA) is 63.3 Å². The Morgan fingerprint density at radius 2 is 2.23 bits per heavy atom. The summed E-state index contributed by atoms with van der Waals surface area (Å²) in [5, 5.41) is 8.76. The summed E-state index contributed by atoms with van der Waals surface area (Å²) in [6.07, 6.45) is 0.792. The van der Waals surface area contributed by atoms with E-state index in [1.165, 1.54) is 0 Å². The zero-order valence-electron chi connectivity index (χ0n) is 7.58. The van der Waals surface area contributed by atoms with Crippen LogP contribution in [-0.2, 0) is 6.42 Å². The van der Waals surface area contributed by atoms with E-state index in [-0.39, 0.29) is 0 Å². The van der Waals surface area contributed by atoms with Crippen molar-refractivity contribution in [1.29, 1.82) is 0 Å². The van der Waals surface area contributed by atoms with E-state index >= 15 is 0 Å². The van der Waals surface area contributed by atoms with Gasteiger partial charge in [-0.25, -0.2) is 4.79 Å². The molecule has 0 amide bonds. The molecule has 1 aromatic rings. The molecule has 0 fully saturated rings. The number of carbonyl (C=O) groups is 1. The summed E-state index contributed by atoms with van der Waals surface area (Å²) in [6.45, 7) is 2.38. The van der Waals surface area contributed by atoms with Gasteiger partial charge in [-0.05, 0) is 37.1 Å². The standard InChI is InChI=1S/C10H13NO2/c1-7-6-8(4-5-11)2-3-9(7)10(12)13/h2-3,6H,4-5,11H2,1H3,(H,12,13). The minimum absolute atomic E-state index is 0.362. The van der Waals surface area contributed by atoms with Gasteiger partial charge in [-0.1, -0.05) is 12.1 Å². The van der Waals surface area contributed by atoms with Crippen molar-refractivity contribution < 1.29 is 9.90 Å². The molecular weight excluding hydrogens is 166 g/mol. The van der Waals surface area contributed by atoms with E-state index in [1.807, 2.05) is 12.1 Å². The molecule has 0 heterocycles. The summed E-state index contributed by atoms with van der Waals surface area (Å²) in [7, 11) is 0. The molecule has 0 bridgehead atoms. The summed E-state index contributed by atoms with van der Waals surface area (Å²) in [6, 6.07) is 5.31. The Morgan fingerprint density at radius 1 is 1.54 bits per heavy atom. The molecule has 0 saturated heterocycles. The Kier molecular flexibility index (Phi) is 3.03. The molecule has 0 saturated carbocycles. The van der Waals surface area contributed by atoms with Crippen molar-refractivity contribution in [1.82, 2.24) is 0 Å². The fraction of sp³-hybridized carbons (Fsp3) is 0.300. The first kappa shape index (κ1) is 9.74. The minimum Gasteiger partial charge on any atom is -0.478 e. The number of carboxylic acid groups (broad SMARTS) is 1. The highest BCUT2D eigenvalue weighted by Gasteiger charge is 2.06. The molecule has 0 spiro atoms. The van der Waals surface area contributed by atoms with Crippen LogP contribution >= 0.6 is 0 Å². The average Bonchev–Trinajstić information content (AvgIpc) is 2.04. The van der Waals surface area contributed by atoms with Gasteiger partial charge in [0.1, 0.15) is 0 Å². The molecule has 13 heavy (non-hydrogen) atoms. The van der Waals surface area contributed by atoms with Gasteiger partial charge in [0, 0.05) is 0 Å². The molecule has 0 atom stereocenters. The number of carboxylic acids is 1. The monoisotopic (exact) mass is 179 g/mol. The lowest BCUT2D eigenvalue weighted by atomic mass is 10.0. The molecule has 1 aromatic carbocycles. The zero-order chi connectivity index (χ0) is 9.84. The number of hydrogen-bond acceptors (Lipinski definition) is 2. The van der Waals surface area contributed by atoms with Gasteiger partial charge < -0.3 is 10.8 Å². The number of hydrogen-bond donors (Lipinski definition) is 2. The number of aromatic carboxylic acids is 1. The van der Waals surface area contributed by atoms with Crippen LogP contribution < -0.4 is 5.73 Å². The first-order valence-electron chi connectivity index (χ1n) is 4.18. The van der Waals surface area contributed by atoms with Crippen molar-refractivity contribution in [2.45, 2.75) is 13.3 Å². The Labute approximate surface area is 77.2 Å². The first-order chi connectivity index (χ1) is 6.15. The highest BCUT2D eigenvalue weighted by molar-refractivity contribution is 5.89. The van der Waals surface area contributed by atoms with Gasteiger partial charge in [0.25, 0.3) is 0 Å². The van der Waals surface area contributed by atoms with E-state index in [1.54, 1.807) is 13.0 Å². The second kappa shape index (κ2) is 4.05. The zero-order valence-corrected chi connectivity index (χ0v) is 7.58. The Bertz CT molecular complexity index is 321. The maximum Gasteiger partial charge on any atom is 0.335 e. The number of aryl methyl sites for hydroxylation is 1. The number of nitrogens with two attached hydrogens (primary N) is 1. The van der Waals surface area contributed by atoms with Crippen LogP contribution in [0.4, 0.5) is 0 Å². The first-order valence-corrected chi connectivity index (χ1v) is 4.18. The molecule has 0 radical (unpaired) electrons. The maximum absolute atomic E-state index is 10.7. The van der Waals surface area contributed by atoms with E-state index in [9.17, 15) is 4.79 Å². The highest BCUT2D eigenvalue weighted by Crippen LogP contribution is 2.11. The van der Waals surface area contributed by atoms with E-state index < -0.39 is 5.97 Å². The molecule has 3 N–H and O–H groups in total. The fourth-order valence-electron chi connectivity index (χ4n) is 1.29. The third-order valence-electron chi connectivity index (χ3n) is 1.95. The van der Waals surface area contributed by atoms with Crippen LogP contribution in [0, 0.1) is 6.92 Å². The van der Waals surface area contributed by atoms with Crippen LogP contribution in [0.25, 0.3) is 0 Å². The fourth-order valence-corrected chi connectivity index (χ4v) is 1.29. The number of benzene rings is 1. The van der Waals surface area contributed by atoms with E-state index in [2.05, 4.69) is 0 Å². The molecule has 3 nitrogen and oxygen atoms in total. The van der Waals surface area contributed by atoms with Crippen molar-refractivity contribution in [3.05, 3.63) is 34.9 Å². The summed E-state index contributed by atoms with van der Waals surface area (Å²) in [5.41, 5.74) is 7.63. The predicted molar refractivity (Wildman–Crippen MR) is 50.9 cm³/mol. The van der Waals surface area contributed by atoms with Crippen LogP contribution in [0.5, 0.6) is 0 Å². The molecule has 0 unspecified atom stereocenters. The van der Waals surface area contributed by atoms with Gasteiger partial charge in [-0.2, -0.15) is 0 Å². The van der Waals surface area contributed by atoms with Crippen LogP contribution in [0.2, 0.25) is 0 Å². The lowest BCUT2D eigenvalue weighted by Crippen LogP contribution is -2.05. The molecule has 0 aliphatic heterocycles. The molecular formula is C10H13NO2. The summed E-state index contributed by atoms with van der Waals surface area (Å²) in [4.78, 5) is 10.7. The molecule has 0 aliphatic rings. The third-order valence-corrected chi connectivity index (χ3v) is 1.95. The average molecular weight is 179 g/mol.